The first-order valence-electron chi connectivity index (χ1n) is 6.34. The average molecular weight is 314 g/mol. The number of aromatic amines is 1. The zero-order valence-electron chi connectivity index (χ0n) is 11.4. The van der Waals surface area contributed by atoms with Crippen LogP contribution in [0.5, 0.6) is 0 Å². The van der Waals surface area contributed by atoms with E-state index in [1.807, 2.05) is 6.26 Å². The quantitative estimate of drug-likeness (QED) is 0.765. The van der Waals surface area contributed by atoms with Gasteiger partial charge in [0, 0.05) is 5.69 Å². The summed E-state index contributed by atoms with van der Waals surface area (Å²) in [7, 11) is 0. The number of fused-ring (bicyclic) bond motifs is 1. The summed E-state index contributed by atoms with van der Waals surface area (Å²) in [6, 6.07) is 4.15. The Morgan fingerprint density at radius 1 is 1.52 bits per heavy atom. The summed E-state index contributed by atoms with van der Waals surface area (Å²) in [5.74, 6) is 0.119. The minimum atomic E-state index is -2.66. The van der Waals surface area contributed by atoms with Crippen LogP contribution in [0.2, 0.25) is 0 Å². The minimum Gasteiger partial charge on any atom is -0.337 e. The number of H-pyrrole nitrogens is 1. The van der Waals surface area contributed by atoms with Crippen LogP contribution in [0.3, 0.4) is 0 Å². The fourth-order valence-corrected chi connectivity index (χ4v) is 2.31. The monoisotopic (exact) mass is 314 g/mol. The van der Waals surface area contributed by atoms with Gasteiger partial charge in [-0.05, 0) is 36.6 Å². The number of alkyl halides is 2. The number of nitrogens with two attached hydrogens (primary N) is 1. The van der Waals surface area contributed by atoms with E-state index in [1.54, 1.807) is 30.0 Å². The summed E-state index contributed by atoms with van der Waals surface area (Å²) >= 11 is 1.62. The molecule has 8 heteroatoms. The lowest BCUT2D eigenvalue weighted by molar-refractivity contribution is -0.117. The molecular formula is C13H16F2N4OS. The van der Waals surface area contributed by atoms with E-state index in [1.165, 1.54) is 0 Å². The van der Waals surface area contributed by atoms with E-state index < -0.39 is 12.5 Å². The maximum Gasteiger partial charge on any atom is 0.295 e. The van der Waals surface area contributed by atoms with Crippen molar-refractivity contribution in [3.8, 4) is 0 Å². The first-order chi connectivity index (χ1) is 10.0. The smallest absolute Gasteiger partial charge is 0.295 e. The first-order valence-corrected chi connectivity index (χ1v) is 7.74. The van der Waals surface area contributed by atoms with Gasteiger partial charge in [-0.3, -0.25) is 4.79 Å². The molecule has 1 heterocycles. The molecule has 1 atom stereocenters. The third kappa shape index (κ3) is 3.92. The van der Waals surface area contributed by atoms with Crippen LogP contribution in [0.15, 0.2) is 18.2 Å². The molecule has 0 aliphatic heterocycles. The molecule has 0 radical (unpaired) electrons. The van der Waals surface area contributed by atoms with Gasteiger partial charge < -0.3 is 16.0 Å². The molecule has 0 saturated carbocycles. The van der Waals surface area contributed by atoms with Gasteiger partial charge in [0.05, 0.1) is 17.1 Å². The van der Waals surface area contributed by atoms with Crippen LogP contribution in [-0.2, 0) is 4.79 Å². The number of nitrogens with zero attached hydrogens (tertiary/aromatic N) is 1. The molecule has 1 aromatic carbocycles. The molecule has 0 fully saturated rings. The molecule has 2 aromatic rings. The molecule has 0 aliphatic rings. The molecular weight excluding hydrogens is 298 g/mol. The van der Waals surface area contributed by atoms with E-state index in [0.717, 1.165) is 5.75 Å². The van der Waals surface area contributed by atoms with Gasteiger partial charge in [-0.25, -0.2) is 13.8 Å². The lowest BCUT2D eigenvalue weighted by Gasteiger charge is -2.11. The summed E-state index contributed by atoms with van der Waals surface area (Å²) in [5, 5.41) is 2.67. The van der Waals surface area contributed by atoms with Gasteiger partial charge >= 0.3 is 0 Å². The van der Waals surface area contributed by atoms with Gasteiger partial charge in [0.25, 0.3) is 6.43 Å². The highest BCUT2D eigenvalue weighted by atomic mass is 32.2. The van der Waals surface area contributed by atoms with Crippen molar-refractivity contribution in [3.63, 3.8) is 0 Å². The number of amides is 1. The normalized spacial score (nSPS) is 12.8. The molecule has 1 amide bonds. The lowest BCUT2D eigenvalue weighted by atomic mass is 10.2. The second-order valence-electron chi connectivity index (χ2n) is 4.53. The van der Waals surface area contributed by atoms with Crippen LogP contribution in [0, 0.1) is 0 Å². The van der Waals surface area contributed by atoms with Gasteiger partial charge in [-0.15, -0.1) is 0 Å². The number of aromatic nitrogens is 2. The predicted molar refractivity (Wildman–Crippen MR) is 80.7 cm³/mol. The Morgan fingerprint density at radius 3 is 2.95 bits per heavy atom. The van der Waals surface area contributed by atoms with Crippen LogP contribution in [0.4, 0.5) is 14.5 Å². The Bertz CT molecular complexity index is 632. The second-order valence-corrected chi connectivity index (χ2v) is 5.52. The summed E-state index contributed by atoms with van der Waals surface area (Å²) in [5.41, 5.74) is 7.13. The molecule has 0 aliphatic carbocycles. The van der Waals surface area contributed by atoms with Gasteiger partial charge in [0.2, 0.25) is 5.91 Å². The molecule has 0 bridgehead atoms. The minimum absolute atomic E-state index is 0.294. The maximum atomic E-state index is 12.6. The van der Waals surface area contributed by atoms with Crippen molar-refractivity contribution in [2.75, 3.05) is 17.3 Å². The zero-order valence-corrected chi connectivity index (χ0v) is 12.2. The van der Waals surface area contributed by atoms with Crippen molar-refractivity contribution < 1.29 is 13.6 Å². The molecule has 5 nitrogen and oxygen atoms in total. The molecule has 0 spiro atoms. The highest BCUT2D eigenvalue weighted by Crippen LogP contribution is 2.22. The molecule has 114 valence electrons. The maximum absolute atomic E-state index is 12.6. The van der Waals surface area contributed by atoms with Gasteiger partial charge in [-0.2, -0.15) is 11.8 Å². The number of halogens is 2. The summed E-state index contributed by atoms with van der Waals surface area (Å²) in [6.45, 7) is 0. The van der Waals surface area contributed by atoms with Gasteiger partial charge in [0.15, 0.2) is 5.82 Å². The van der Waals surface area contributed by atoms with Gasteiger partial charge in [-0.1, -0.05) is 0 Å². The third-order valence-electron chi connectivity index (χ3n) is 2.94. The molecule has 0 saturated heterocycles. The molecule has 1 unspecified atom stereocenters. The zero-order chi connectivity index (χ0) is 15.4. The number of hydrogen-bond donors (Lipinski definition) is 3. The molecule has 2 rings (SSSR count). The Hall–Kier alpha value is -1.67. The Morgan fingerprint density at radius 2 is 2.29 bits per heavy atom. The fourth-order valence-electron chi connectivity index (χ4n) is 1.82. The van der Waals surface area contributed by atoms with Crippen molar-refractivity contribution in [2.45, 2.75) is 18.9 Å². The number of carbonyl (C=O) groups excluding carboxylic acids is 1. The van der Waals surface area contributed by atoms with Crippen LogP contribution < -0.4 is 11.1 Å². The third-order valence-corrected chi connectivity index (χ3v) is 3.59. The summed E-state index contributed by atoms with van der Waals surface area (Å²) in [4.78, 5) is 18.2. The van der Waals surface area contributed by atoms with E-state index in [2.05, 4.69) is 15.3 Å². The number of thioether (sulfide) groups is 1. The van der Waals surface area contributed by atoms with E-state index in [0.29, 0.717) is 23.1 Å². The van der Waals surface area contributed by atoms with Crippen LogP contribution >= 0.6 is 11.8 Å². The van der Waals surface area contributed by atoms with E-state index in [4.69, 9.17) is 5.73 Å². The Labute approximate surface area is 124 Å². The Balaban J connectivity index is 2.10. The second kappa shape index (κ2) is 6.86. The van der Waals surface area contributed by atoms with Crippen molar-refractivity contribution in [1.29, 1.82) is 0 Å². The van der Waals surface area contributed by atoms with Crippen molar-refractivity contribution in [1.82, 2.24) is 9.97 Å². The van der Waals surface area contributed by atoms with Crippen molar-refractivity contribution >= 4 is 34.4 Å². The number of carbonyl (C=O) groups is 1. The number of imidazole rings is 1. The molecule has 21 heavy (non-hydrogen) atoms. The van der Waals surface area contributed by atoms with E-state index >= 15 is 0 Å². The highest BCUT2D eigenvalue weighted by molar-refractivity contribution is 7.98. The fraction of sp³-hybridized carbons (Fsp3) is 0.385. The number of nitrogens with one attached hydrogen (secondary N) is 2. The average Bonchev–Trinajstić information content (AvgIpc) is 2.88. The molecule has 4 N–H and O–H groups in total. The number of hydrogen-bond acceptors (Lipinski definition) is 4. The van der Waals surface area contributed by atoms with Crippen LogP contribution in [0.1, 0.15) is 18.7 Å². The van der Waals surface area contributed by atoms with Crippen LogP contribution in [-0.4, -0.2) is 33.9 Å². The lowest BCUT2D eigenvalue weighted by Crippen LogP contribution is -2.36. The topological polar surface area (TPSA) is 83.8 Å². The Kier molecular flexibility index (Phi) is 5.13. The number of benzene rings is 1. The van der Waals surface area contributed by atoms with Gasteiger partial charge in [0.1, 0.15) is 0 Å². The predicted octanol–water partition coefficient (Wildman–Crippen LogP) is 2.52. The standard InChI is InChI=1S/C13H16F2N4OS/c1-21-5-4-8(16)13(20)17-7-2-3-9-10(6-7)19-12(18-9)11(14)15/h2-3,6,8,11H,4-5,16H2,1H3,(H,17,20)(H,18,19). The van der Waals surface area contributed by atoms with E-state index in [9.17, 15) is 13.6 Å². The number of anilines is 1. The van der Waals surface area contributed by atoms with Crippen LogP contribution in [0.25, 0.3) is 11.0 Å². The first kappa shape index (κ1) is 15.7. The summed E-state index contributed by atoms with van der Waals surface area (Å²) in [6.07, 6.45) is -0.137. The summed E-state index contributed by atoms with van der Waals surface area (Å²) < 4.78 is 25.1. The highest BCUT2D eigenvalue weighted by Gasteiger charge is 2.15. The molecule has 1 aromatic heterocycles. The SMILES string of the molecule is CSCCC(N)C(=O)Nc1ccc2nc(C(F)F)[nH]c2c1. The van der Waals surface area contributed by atoms with Crippen molar-refractivity contribution in [3.05, 3.63) is 24.0 Å². The van der Waals surface area contributed by atoms with E-state index in [-0.39, 0.29) is 11.7 Å². The number of rotatable bonds is 6. The van der Waals surface area contributed by atoms with Crippen molar-refractivity contribution in [2.24, 2.45) is 5.73 Å². The largest absolute Gasteiger partial charge is 0.337 e.